The Morgan fingerprint density at radius 2 is 2.11 bits per heavy atom. The molecular formula is C15H23BrN2O. The average molecular weight is 327 g/mol. The van der Waals surface area contributed by atoms with Gasteiger partial charge < -0.3 is 15.3 Å². The second kappa shape index (κ2) is 7.27. The molecule has 2 N–H and O–H groups in total. The van der Waals surface area contributed by atoms with Gasteiger partial charge in [0.15, 0.2) is 0 Å². The van der Waals surface area contributed by atoms with Crippen molar-refractivity contribution in [1.82, 2.24) is 5.32 Å². The maximum Gasteiger partial charge on any atom is 0.0606 e. The third-order valence-corrected chi connectivity index (χ3v) is 4.32. The van der Waals surface area contributed by atoms with Crippen molar-refractivity contribution in [3.05, 3.63) is 28.2 Å². The van der Waals surface area contributed by atoms with Crippen molar-refractivity contribution in [1.29, 1.82) is 0 Å². The summed E-state index contributed by atoms with van der Waals surface area (Å²) in [6.45, 7) is 1.79. The zero-order chi connectivity index (χ0) is 13.7. The van der Waals surface area contributed by atoms with Crippen LogP contribution in [0, 0.1) is 0 Å². The van der Waals surface area contributed by atoms with Gasteiger partial charge in [-0.3, -0.25) is 0 Å². The Labute approximate surface area is 124 Å². The standard InChI is InChI=1S/C15H23BrN2O/c1-17-11-12-10-13(16)6-7-15(12)18(8-9-19)14-4-2-3-5-14/h6-7,10,14,17,19H,2-5,8-9,11H2,1H3. The normalized spacial score (nSPS) is 15.9. The molecular weight excluding hydrogens is 304 g/mol. The van der Waals surface area contributed by atoms with E-state index >= 15 is 0 Å². The van der Waals surface area contributed by atoms with Crippen LogP contribution in [0.3, 0.4) is 0 Å². The third kappa shape index (κ3) is 3.71. The minimum Gasteiger partial charge on any atom is -0.395 e. The summed E-state index contributed by atoms with van der Waals surface area (Å²) in [7, 11) is 1.97. The summed E-state index contributed by atoms with van der Waals surface area (Å²) < 4.78 is 1.11. The van der Waals surface area contributed by atoms with Gasteiger partial charge in [-0.1, -0.05) is 28.8 Å². The molecule has 0 unspecified atom stereocenters. The van der Waals surface area contributed by atoms with E-state index in [4.69, 9.17) is 0 Å². The molecule has 19 heavy (non-hydrogen) atoms. The second-order valence-corrected chi connectivity index (χ2v) is 6.07. The van der Waals surface area contributed by atoms with Crippen LogP contribution in [0.1, 0.15) is 31.2 Å². The van der Waals surface area contributed by atoms with Gasteiger partial charge >= 0.3 is 0 Å². The molecule has 1 aliphatic carbocycles. The second-order valence-electron chi connectivity index (χ2n) is 5.16. The van der Waals surface area contributed by atoms with Gasteiger partial charge in [-0.15, -0.1) is 0 Å². The Morgan fingerprint density at radius 1 is 1.37 bits per heavy atom. The monoisotopic (exact) mass is 326 g/mol. The molecule has 1 aliphatic rings. The molecule has 2 rings (SSSR count). The molecule has 0 bridgehead atoms. The summed E-state index contributed by atoms with van der Waals surface area (Å²) in [5.74, 6) is 0. The quantitative estimate of drug-likeness (QED) is 0.843. The average Bonchev–Trinajstić information content (AvgIpc) is 2.91. The van der Waals surface area contributed by atoms with E-state index < -0.39 is 0 Å². The zero-order valence-electron chi connectivity index (χ0n) is 11.5. The van der Waals surface area contributed by atoms with Crippen LogP contribution in [0.4, 0.5) is 5.69 Å². The maximum absolute atomic E-state index is 9.37. The number of nitrogens with one attached hydrogen (secondary N) is 1. The number of anilines is 1. The lowest BCUT2D eigenvalue weighted by Crippen LogP contribution is -2.36. The number of hydrogen-bond acceptors (Lipinski definition) is 3. The smallest absolute Gasteiger partial charge is 0.0606 e. The molecule has 1 saturated carbocycles. The van der Waals surface area contributed by atoms with Gasteiger partial charge in [-0.2, -0.15) is 0 Å². The van der Waals surface area contributed by atoms with E-state index in [0.29, 0.717) is 6.04 Å². The van der Waals surface area contributed by atoms with Gasteiger partial charge in [0, 0.05) is 29.3 Å². The summed E-state index contributed by atoms with van der Waals surface area (Å²) in [4.78, 5) is 2.39. The minimum atomic E-state index is 0.214. The van der Waals surface area contributed by atoms with Crippen molar-refractivity contribution in [3.63, 3.8) is 0 Å². The van der Waals surface area contributed by atoms with Crippen LogP contribution >= 0.6 is 15.9 Å². The fraction of sp³-hybridized carbons (Fsp3) is 0.600. The first kappa shape index (κ1) is 14.8. The number of hydrogen-bond donors (Lipinski definition) is 2. The van der Waals surface area contributed by atoms with Crippen LogP contribution in [0.15, 0.2) is 22.7 Å². The molecule has 0 heterocycles. The Bertz CT molecular complexity index is 405. The van der Waals surface area contributed by atoms with Gasteiger partial charge in [-0.05, 0) is 43.7 Å². The molecule has 0 aromatic heterocycles. The molecule has 0 atom stereocenters. The summed E-state index contributed by atoms with van der Waals surface area (Å²) in [6.07, 6.45) is 5.11. The van der Waals surface area contributed by atoms with Crippen LogP contribution in [0.2, 0.25) is 0 Å². The number of benzene rings is 1. The largest absolute Gasteiger partial charge is 0.395 e. The fourth-order valence-electron chi connectivity index (χ4n) is 2.99. The highest BCUT2D eigenvalue weighted by Gasteiger charge is 2.24. The molecule has 3 nitrogen and oxygen atoms in total. The molecule has 1 fully saturated rings. The maximum atomic E-state index is 9.37. The highest BCUT2D eigenvalue weighted by atomic mass is 79.9. The van der Waals surface area contributed by atoms with E-state index in [9.17, 15) is 5.11 Å². The lowest BCUT2D eigenvalue weighted by molar-refractivity contribution is 0.297. The van der Waals surface area contributed by atoms with Gasteiger partial charge in [-0.25, -0.2) is 0 Å². The van der Waals surface area contributed by atoms with Crippen molar-refractivity contribution < 1.29 is 5.11 Å². The topological polar surface area (TPSA) is 35.5 Å². The first-order valence-corrected chi connectivity index (χ1v) is 7.86. The van der Waals surface area contributed by atoms with Crippen LogP contribution < -0.4 is 10.2 Å². The van der Waals surface area contributed by atoms with Crippen LogP contribution in [-0.2, 0) is 6.54 Å². The lowest BCUT2D eigenvalue weighted by Gasteiger charge is -2.32. The number of aliphatic hydroxyl groups is 1. The molecule has 1 aromatic carbocycles. The SMILES string of the molecule is CNCc1cc(Br)ccc1N(CCO)C1CCCC1. The van der Waals surface area contributed by atoms with E-state index in [1.807, 2.05) is 7.05 Å². The van der Waals surface area contributed by atoms with E-state index in [-0.39, 0.29) is 6.61 Å². The van der Waals surface area contributed by atoms with Crippen LogP contribution in [-0.4, -0.2) is 31.3 Å². The molecule has 0 saturated heterocycles. The highest BCUT2D eigenvalue weighted by Crippen LogP contribution is 2.31. The van der Waals surface area contributed by atoms with Crippen LogP contribution in [0.25, 0.3) is 0 Å². The lowest BCUT2D eigenvalue weighted by atomic mass is 10.1. The number of aliphatic hydroxyl groups excluding tert-OH is 1. The van der Waals surface area contributed by atoms with E-state index in [2.05, 4.69) is 44.3 Å². The van der Waals surface area contributed by atoms with Gasteiger partial charge in [0.25, 0.3) is 0 Å². The van der Waals surface area contributed by atoms with E-state index in [1.54, 1.807) is 0 Å². The summed E-state index contributed by atoms with van der Waals surface area (Å²) in [6, 6.07) is 7.02. The molecule has 0 aliphatic heterocycles. The number of rotatable bonds is 6. The first-order chi connectivity index (χ1) is 9.26. The molecule has 0 spiro atoms. The Balaban J connectivity index is 2.28. The first-order valence-electron chi connectivity index (χ1n) is 7.06. The van der Waals surface area contributed by atoms with E-state index in [0.717, 1.165) is 17.6 Å². The fourth-order valence-corrected chi connectivity index (χ4v) is 3.40. The van der Waals surface area contributed by atoms with Gasteiger partial charge in [0.1, 0.15) is 0 Å². The Morgan fingerprint density at radius 3 is 2.74 bits per heavy atom. The zero-order valence-corrected chi connectivity index (χ0v) is 13.1. The van der Waals surface area contributed by atoms with Gasteiger partial charge in [0.2, 0.25) is 0 Å². The van der Waals surface area contributed by atoms with Crippen molar-refractivity contribution in [2.24, 2.45) is 0 Å². The molecule has 106 valence electrons. The molecule has 1 aromatic rings. The molecule has 0 amide bonds. The minimum absolute atomic E-state index is 0.214. The van der Waals surface area contributed by atoms with Crippen molar-refractivity contribution in [2.45, 2.75) is 38.3 Å². The third-order valence-electron chi connectivity index (χ3n) is 3.82. The Kier molecular flexibility index (Phi) is 5.67. The van der Waals surface area contributed by atoms with Crippen LogP contribution in [0.5, 0.6) is 0 Å². The van der Waals surface area contributed by atoms with Crippen molar-refractivity contribution in [2.75, 3.05) is 25.1 Å². The predicted molar refractivity (Wildman–Crippen MR) is 83.6 cm³/mol. The van der Waals surface area contributed by atoms with Gasteiger partial charge in [0.05, 0.1) is 6.61 Å². The summed E-state index contributed by atoms with van der Waals surface area (Å²) in [5.41, 5.74) is 2.55. The Hall–Kier alpha value is -0.580. The predicted octanol–water partition coefficient (Wildman–Crippen LogP) is 2.91. The summed E-state index contributed by atoms with van der Waals surface area (Å²) in [5, 5.41) is 12.6. The molecule has 4 heteroatoms. The van der Waals surface area contributed by atoms with Crippen molar-refractivity contribution in [3.8, 4) is 0 Å². The number of nitrogens with zero attached hydrogens (tertiary/aromatic N) is 1. The number of halogens is 1. The summed E-state index contributed by atoms with van der Waals surface area (Å²) >= 11 is 3.54. The van der Waals surface area contributed by atoms with E-state index in [1.165, 1.54) is 36.9 Å². The highest BCUT2D eigenvalue weighted by molar-refractivity contribution is 9.10. The molecule has 0 radical (unpaired) electrons. The van der Waals surface area contributed by atoms with Crippen molar-refractivity contribution >= 4 is 21.6 Å².